The second kappa shape index (κ2) is 4.56. The predicted octanol–water partition coefficient (Wildman–Crippen LogP) is 1.62. The fourth-order valence-corrected chi connectivity index (χ4v) is 3.54. The SMILES string of the molecule is O=c1c(-c2ccncc2)ccc2n1C[C@@H]1CNC[C@H]2C1. The van der Waals surface area contributed by atoms with Crippen molar-refractivity contribution in [3.05, 3.63) is 52.7 Å². The molecule has 1 saturated heterocycles. The summed E-state index contributed by atoms with van der Waals surface area (Å²) in [5.41, 5.74) is 3.07. The first-order valence-corrected chi connectivity index (χ1v) is 7.18. The molecule has 2 bridgehead atoms. The molecule has 0 radical (unpaired) electrons. The maximum absolute atomic E-state index is 12.8. The molecule has 0 unspecified atom stereocenters. The lowest BCUT2D eigenvalue weighted by Gasteiger charge is -2.37. The molecule has 2 aliphatic rings. The van der Waals surface area contributed by atoms with Crippen LogP contribution >= 0.6 is 0 Å². The lowest BCUT2D eigenvalue weighted by molar-refractivity contribution is 0.257. The minimum Gasteiger partial charge on any atom is -0.316 e. The Morgan fingerprint density at radius 1 is 1.15 bits per heavy atom. The summed E-state index contributed by atoms with van der Waals surface area (Å²) in [5, 5.41) is 3.47. The van der Waals surface area contributed by atoms with Crippen molar-refractivity contribution in [3.8, 4) is 11.1 Å². The van der Waals surface area contributed by atoms with E-state index in [2.05, 4.69) is 16.4 Å². The molecule has 2 atom stereocenters. The fraction of sp³-hybridized carbons (Fsp3) is 0.375. The molecule has 0 saturated carbocycles. The number of rotatable bonds is 1. The highest BCUT2D eigenvalue weighted by Gasteiger charge is 2.31. The zero-order valence-corrected chi connectivity index (χ0v) is 11.2. The molecule has 2 aliphatic heterocycles. The normalized spacial score (nSPS) is 24.2. The average molecular weight is 267 g/mol. The molecule has 4 rings (SSSR count). The third kappa shape index (κ3) is 1.79. The lowest BCUT2D eigenvalue weighted by Crippen LogP contribution is -2.45. The molecular formula is C16H17N3O. The number of pyridine rings is 2. The molecule has 4 nitrogen and oxygen atoms in total. The number of nitrogens with zero attached hydrogens (tertiary/aromatic N) is 2. The molecular weight excluding hydrogens is 250 g/mol. The van der Waals surface area contributed by atoms with Crippen molar-refractivity contribution in [2.45, 2.75) is 18.9 Å². The van der Waals surface area contributed by atoms with Gasteiger partial charge in [0.2, 0.25) is 0 Å². The van der Waals surface area contributed by atoms with Crippen molar-refractivity contribution in [2.24, 2.45) is 5.92 Å². The van der Waals surface area contributed by atoms with Crippen molar-refractivity contribution in [1.82, 2.24) is 14.9 Å². The van der Waals surface area contributed by atoms with Crippen LogP contribution in [0.1, 0.15) is 18.0 Å². The average Bonchev–Trinajstić information content (AvgIpc) is 2.50. The minimum atomic E-state index is 0.144. The highest BCUT2D eigenvalue weighted by Crippen LogP contribution is 2.32. The van der Waals surface area contributed by atoms with Gasteiger partial charge in [-0.2, -0.15) is 0 Å². The largest absolute Gasteiger partial charge is 0.316 e. The molecule has 102 valence electrons. The quantitative estimate of drug-likeness (QED) is 0.854. The third-order valence-electron chi connectivity index (χ3n) is 4.50. The van der Waals surface area contributed by atoms with Gasteiger partial charge in [-0.15, -0.1) is 0 Å². The minimum absolute atomic E-state index is 0.144. The Bertz CT molecular complexity index is 693. The molecule has 1 fully saturated rings. The van der Waals surface area contributed by atoms with Crippen molar-refractivity contribution < 1.29 is 0 Å². The first-order valence-electron chi connectivity index (χ1n) is 7.18. The lowest BCUT2D eigenvalue weighted by atomic mass is 9.84. The maximum atomic E-state index is 12.8. The van der Waals surface area contributed by atoms with Gasteiger partial charge in [-0.25, -0.2) is 0 Å². The maximum Gasteiger partial charge on any atom is 0.258 e. The second-order valence-corrected chi connectivity index (χ2v) is 5.78. The van der Waals surface area contributed by atoms with Gasteiger partial charge in [0.05, 0.1) is 0 Å². The number of fused-ring (bicyclic) bond motifs is 4. The Balaban J connectivity index is 1.86. The zero-order valence-electron chi connectivity index (χ0n) is 11.2. The van der Waals surface area contributed by atoms with E-state index in [-0.39, 0.29) is 5.56 Å². The topological polar surface area (TPSA) is 46.9 Å². The first kappa shape index (κ1) is 11.9. The van der Waals surface area contributed by atoms with E-state index in [0.717, 1.165) is 30.8 Å². The summed E-state index contributed by atoms with van der Waals surface area (Å²) in [5.74, 6) is 1.08. The zero-order chi connectivity index (χ0) is 13.5. The summed E-state index contributed by atoms with van der Waals surface area (Å²) in [6.07, 6.45) is 4.68. The van der Waals surface area contributed by atoms with Crippen LogP contribution in [0.4, 0.5) is 0 Å². The van der Waals surface area contributed by atoms with Gasteiger partial charge < -0.3 is 9.88 Å². The fourth-order valence-electron chi connectivity index (χ4n) is 3.54. The second-order valence-electron chi connectivity index (χ2n) is 5.78. The van der Waals surface area contributed by atoms with Crippen LogP contribution in [0, 0.1) is 5.92 Å². The number of piperidine rings is 1. The summed E-state index contributed by atoms with van der Waals surface area (Å²) < 4.78 is 2.00. The van der Waals surface area contributed by atoms with E-state index in [1.807, 2.05) is 22.8 Å². The van der Waals surface area contributed by atoms with Crippen LogP contribution in [0.3, 0.4) is 0 Å². The van der Waals surface area contributed by atoms with Gasteiger partial charge in [0.1, 0.15) is 0 Å². The van der Waals surface area contributed by atoms with Crippen LogP contribution in [0.2, 0.25) is 0 Å². The van der Waals surface area contributed by atoms with Crippen LogP contribution in [0.5, 0.6) is 0 Å². The molecule has 2 aromatic rings. The van der Waals surface area contributed by atoms with E-state index in [1.165, 1.54) is 12.1 Å². The third-order valence-corrected chi connectivity index (χ3v) is 4.50. The Hall–Kier alpha value is -1.94. The number of hydrogen-bond donors (Lipinski definition) is 1. The van der Waals surface area contributed by atoms with Gasteiger partial charge >= 0.3 is 0 Å². The van der Waals surface area contributed by atoms with Crippen molar-refractivity contribution in [3.63, 3.8) is 0 Å². The molecule has 20 heavy (non-hydrogen) atoms. The summed E-state index contributed by atoms with van der Waals surface area (Å²) in [6.45, 7) is 2.86. The monoisotopic (exact) mass is 267 g/mol. The first-order chi connectivity index (χ1) is 9.83. The van der Waals surface area contributed by atoms with Gasteiger partial charge in [-0.3, -0.25) is 9.78 Å². The van der Waals surface area contributed by atoms with Gasteiger partial charge in [0.15, 0.2) is 0 Å². The van der Waals surface area contributed by atoms with Gasteiger partial charge in [0, 0.05) is 42.7 Å². The van der Waals surface area contributed by atoms with Crippen LogP contribution < -0.4 is 10.9 Å². The summed E-state index contributed by atoms with van der Waals surface area (Å²) in [4.78, 5) is 16.8. The molecule has 0 spiro atoms. The van der Waals surface area contributed by atoms with E-state index in [9.17, 15) is 4.79 Å². The summed E-state index contributed by atoms with van der Waals surface area (Å²) in [6, 6.07) is 7.90. The van der Waals surface area contributed by atoms with Crippen LogP contribution in [-0.2, 0) is 6.54 Å². The molecule has 0 aromatic carbocycles. The van der Waals surface area contributed by atoms with Crippen molar-refractivity contribution in [2.75, 3.05) is 13.1 Å². The van der Waals surface area contributed by atoms with E-state index in [1.54, 1.807) is 12.4 Å². The molecule has 1 N–H and O–H groups in total. The Morgan fingerprint density at radius 2 is 2.00 bits per heavy atom. The molecule has 0 amide bonds. The van der Waals surface area contributed by atoms with Gasteiger partial charge in [-0.1, -0.05) is 0 Å². The Morgan fingerprint density at radius 3 is 2.85 bits per heavy atom. The number of aromatic nitrogens is 2. The van der Waals surface area contributed by atoms with E-state index < -0.39 is 0 Å². The summed E-state index contributed by atoms with van der Waals surface area (Å²) in [7, 11) is 0. The Labute approximate surface area is 117 Å². The predicted molar refractivity (Wildman–Crippen MR) is 77.7 cm³/mol. The number of hydrogen-bond acceptors (Lipinski definition) is 3. The summed E-state index contributed by atoms with van der Waals surface area (Å²) >= 11 is 0. The molecule has 0 aliphatic carbocycles. The highest BCUT2D eigenvalue weighted by molar-refractivity contribution is 5.61. The van der Waals surface area contributed by atoms with E-state index in [0.29, 0.717) is 11.8 Å². The van der Waals surface area contributed by atoms with Crippen molar-refractivity contribution in [1.29, 1.82) is 0 Å². The van der Waals surface area contributed by atoms with Gasteiger partial charge in [0.25, 0.3) is 5.56 Å². The molecule has 4 heteroatoms. The standard InChI is InChI=1S/C16H17N3O/c20-16-14(12-3-5-17-6-4-12)1-2-15-13-7-11(8-18-9-13)10-19(15)16/h1-6,11,13,18H,7-10H2/t11-,13+/m0/s1. The molecule has 4 heterocycles. The number of nitrogens with one attached hydrogen (secondary N) is 1. The Kier molecular flexibility index (Phi) is 2.70. The van der Waals surface area contributed by atoms with Gasteiger partial charge in [-0.05, 0) is 48.7 Å². The van der Waals surface area contributed by atoms with E-state index in [4.69, 9.17) is 0 Å². The highest BCUT2D eigenvalue weighted by atomic mass is 16.1. The van der Waals surface area contributed by atoms with Crippen molar-refractivity contribution >= 4 is 0 Å². The van der Waals surface area contributed by atoms with Crippen LogP contribution in [0.25, 0.3) is 11.1 Å². The van der Waals surface area contributed by atoms with E-state index >= 15 is 0 Å². The van der Waals surface area contributed by atoms with Crippen LogP contribution in [0.15, 0.2) is 41.5 Å². The molecule has 2 aromatic heterocycles. The van der Waals surface area contributed by atoms with Crippen LogP contribution in [-0.4, -0.2) is 22.6 Å². The smallest absolute Gasteiger partial charge is 0.258 e.